The highest BCUT2D eigenvalue weighted by Gasteiger charge is 1.84. The predicted octanol–water partition coefficient (Wildman–Crippen LogP) is -0.153. The average Bonchev–Trinajstić information content (AvgIpc) is 2.20. The number of ether oxygens (including phenoxy) is 2. The van der Waals surface area contributed by atoms with Gasteiger partial charge in [0.25, 0.3) is 0 Å². The largest absolute Gasteiger partial charge is 0.432 e. The number of aliphatic hydroxyl groups is 2. The van der Waals surface area contributed by atoms with Crippen LogP contribution in [0.2, 0.25) is 0 Å². The molecule has 2 N–H and O–H groups in total. The van der Waals surface area contributed by atoms with E-state index >= 15 is 0 Å². The summed E-state index contributed by atoms with van der Waals surface area (Å²) in [5.74, 6) is -0.477. The third-order valence-electron chi connectivity index (χ3n) is 0.837. The molecule has 0 amide bonds. The van der Waals surface area contributed by atoms with Crippen LogP contribution in [0.4, 0.5) is 0 Å². The van der Waals surface area contributed by atoms with Crippen molar-refractivity contribution in [3.8, 4) is 0 Å². The van der Waals surface area contributed by atoms with Gasteiger partial charge < -0.3 is 19.7 Å². The maximum Gasteiger partial charge on any atom is 0.334 e. The summed E-state index contributed by atoms with van der Waals surface area (Å²) in [7, 11) is 0. The highest BCUT2D eigenvalue weighted by atomic mass is 16.5. The summed E-state index contributed by atoms with van der Waals surface area (Å²) in [4.78, 5) is 10.0. The number of aliphatic hydroxyl groups excluding tert-OH is 2. The minimum atomic E-state index is -0.477. The Morgan fingerprint density at radius 2 is 1.71 bits per heavy atom. The van der Waals surface area contributed by atoms with E-state index in [0.29, 0.717) is 13.2 Å². The van der Waals surface area contributed by atoms with E-state index in [-0.39, 0.29) is 13.2 Å². The lowest BCUT2D eigenvalue weighted by Gasteiger charge is -1.94. The van der Waals surface area contributed by atoms with Crippen molar-refractivity contribution >= 4 is 5.97 Å². The van der Waals surface area contributed by atoms with Gasteiger partial charge in [-0.05, 0) is 0 Å². The van der Waals surface area contributed by atoms with Gasteiger partial charge in [0, 0.05) is 6.08 Å². The van der Waals surface area contributed by atoms with Crippen LogP contribution in [0, 0.1) is 0 Å². The van der Waals surface area contributed by atoms with Gasteiger partial charge in [-0.2, -0.15) is 0 Å². The molecule has 0 fully saturated rings. The van der Waals surface area contributed by atoms with Gasteiger partial charge in [-0.1, -0.05) is 13.2 Å². The summed E-state index contributed by atoms with van der Waals surface area (Å²) in [5, 5.41) is 16.2. The van der Waals surface area contributed by atoms with E-state index in [2.05, 4.69) is 22.6 Å². The fraction of sp³-hybridized carbons (Fsp3) is 0.444. The summed E-state index contributed by atoms with van der Waals surface area (Å²) in [5.41, 5.74) is 0. The van der Waals surface area contributed by atoms with Gasteiger partial charge in [-0.25, -0.2) is 4.79 Å². The Morgan fingerprint density at radius 3 is 1.93 bits per heavy atom. The summed E-state index contributed by atoms with van der Waals surface area (Å²) >= 11 is 0. The van der Waals surface area contributed by atoms with Crippen molar-refractivity contribution in [2.75, 3.05) is 26.4 Å². The second-order valence-electron chi connectivity index (χ2n) is 1.87. The molecule has 14 heavy (non-hydrogen) atoms. The molecule has 0 rings (SSSR count). The molecule has 0 aliphatic rings. The zero-order valence-electron chi connectivity index (χ0n) is 8.02. The molecular weight excluding hydrogens is 188 g/mol. The first-order valence-corrected chi connectivity index (χ1v) is 3.96. The zero-order valence-corrected chi connectivity index (χ0v) is 8.02. The second-order valence-corrected chi connectivity index (χ2v) is 1.87. The van der Waals surface area contributed by atoms with E-state index in [4.69, 9.17) is 10.2 Å². The van der Waals surface area contributed by atoms with Crippen LogP contribution in [0.5, 0.6) is 0 Å². The van der Waals surface area contributed by atoms with Crippen LogP contribution in [-0.2, 0) is 14.3 Å². The minimum absolute atomic E-state index is 0.0278. The van der Waals surface area contributed by atoms with Crippen LogP contribution in [0.3, 0.4) is 0 Å². The summed E-state index contributed by atoms with van der Waals surface area (Å²) in [6.07, 6.45) is 2.13. The first-order valence-electron chi connectivity index (χ1n) is 3.96. The van der Waals surface area contributed by atoms with E-state index in [9.17, 15) is 4.79 Å². The smallest absolute Gasteiger partial charge is 0.334 e. The average molecular weight is 204 g/mol. The molecule has 5 nitrogen and oxygen atoms in total. The predicted molar refractivity (Wildman–Crippen MR) is 51.5 cm³/mol. The molecule has 0 unspecified atom stereocenters. The lowest BCUT2D eigenvalue weighted by molar-refractivity contribution is -0.132. The van der Waals surface area contributed by atoms with Crippen molar-refractivity contribution in [1.82, 2.24) is 0 Å². The van der Waals surface area contributed by atoms with Crippen molar-refractivity contribution in [3.63, 3.8) is 0 Å². The highest BCUT2D eigenvalue weighted by Crippen LogP contribution is 1.75. The Bertz CT molecular complexity index is 151. The van der Waals surface area contributed by atoms with E-state index in [1.54, 1.807) is 0 Å². The number of hydrogen-bond donors (Lipinski definition) is 2. The fourth-order valence-corrected chi connectivity index (χ4v) is 0.361. The van der Waals surface area contributed by atoms with Crippen LogP contribution >= 0.6 is 0 Å². The van der Waals surface area contributed by atoms with E-state index in [0.717, 1.165) is 12.3 Å². The van der Waals surface area contributed by atoms with Crippen molar-refractivity contribution < 1.29 is 24.5 Å². The van der Waals surface area contributed by atoms with Crippen LogP contribution in [0.25, 0.3) is 0 Å². The van der Waals surface area contributed by atoms with Gasteiger partial charge in [0.1, 0.15) is 0 Å². The van der Waals surface area contributed by atoms with Crippen LogP contribution < -0.4 is 0 Å². The third-order valence-corrected chi connectivity index (χ3v) is 0.837. The number of rotatable bonds is 6. The van der Waals surface area contributed by atoms with Gasteiger partial charge >= 0.3 is 5.97 Å². The number of carbonyl (C=O) groups excluding carboxylic acids is 1. The lowest BCUT2D eigenvalue weighted by atomic mass is 10.7. The molecule has 0 atom stereocenters. The molecular formula is C9H16O5. The summed E-state index contributed by atoms with van der Waals surface area (Å²) in [6, 6.07) is 0. The maximum absolute atomic E-state index is 10.0. The minimum Gasteiger partial charge on any atom is -0.432 e. The van der Waals surface area contributed by atoms with Gasteiger partial charge in [0.05, 0.1) is 32.7 Å². The number of esters is 1. The quantitative estimate of drug-likeness (QED) is 0.272. The van der Waals surface area contributed by atoms with Crippen LogP contribution in [0.1, 0.15) is 0 Å². The zero-order chi connectivity index (χ0) is 11.2. The van der Waals surface area contributed by atoms with Gasteiger partial charge in [-0.3, -0.25) is 0 Å². The SMILES string of the molecule is C=COC(=O)C=C.OCCOCCO. The maximum atomic E-state index is 10.0. The van der Waals surface area contributed by atoms with E-state index < -0.39 is 5.97 Å². The molecule has 0 spiro atoms. The molecule has 5 heteroatoms. The lowest BCUT2D eigenvalue weighted by Crippen LogP contribution is -2.03. The normalized spacial score (nSPS) is 8.14. The third kappa shape index (κ3) is 17.1. The molecule has 0 aromatic carbocycles. The number of hydrogen-bond acceptors (Lipinski definition) is 5. The van der Waals surface area contributed by atoms with Crippen molar-refractivity contribution in [2.24, 2.45) is 0 Å². The van der Waals surface area contributed by atoms with Crippen LogP contribution in [-0.4, -0.2) is 42.6 Å². The van der Waals surface area contributed by atoms with Crippen molar-refractivity contribution in [3.05, 3.63) is 25.5 Å². The second kappa shape index (κ2) is 14.4. The van der Waals surface area contributed by atoms with Gasteiger partial charge in [0.2, 0.25) is 0 Å². The molecule has 0 saturated heterocycles. The Kier molecular flexibility index (Phi) is 15.7. The number of carbonyl (C=O) groups is 1. The first kappa shape index (κ1) is 15.3. The van der Waals surface area contributed by atoms with E-state index in [1.165, 1.54) is 0 Å². The molecule has 82 valence electrons. The van der Waals surface area contributed by atoms with Crippen LogP contribution in [0.15, 0.2) is 25.5 Å². The first-order chi connectivity index (χ1) is 6.72. The topological polar surface area (TPSA) is 76.0 Å². The Balaban J connectivity index is 0. The molecule has 0 radical (unpaired) electrons. The van der Waals surface area contributed by atoms with E-state index in [1.807, 2.05) is 0 Å². The summed E-state index contributed by atoms with van der Waals surface area (Å²) in [6.45, 7) is 7.01. The van der Waals surface area contributed by atoms with Crippen molar-refractivity contribution in [1.29, 1.82) is 0 Å². The molecule has 0 heterocycles. The Morgan fingerprint density at radius 1 is 1.21 bits per heavy atom. The molecule has 0 aromatic rings. The highest BCUT2D eigenvalue weighted by molar-refractivity contribution is 5.81. The van der Waals surface area contributed by atoms with Gasteiger partial charge in [0.15, 0.2) is 0 Å². The molecule has 0 aromatic heterocycles. The molecule has 0 aliphatic carbocycles. The molecule has 0 saturated carbocycles. The Labute approximate surface area is 83.3 Å². The van der Waals surface area contributed by atoms with Gasteiger partial charge in [-0.15, -0.1) is 0 Å². The molecule has 0 aliphatic heterocycles. The van der Waals surface area contributed by atoms with Crippen molar-refractivity contribution in [2.45, 2.75) is 0 Å². The molecule has 0 bridgehead atoms. The monoisotopic (exact) mass is 204 g/mol. The summed E-state index contributed by atoms with van der Waals surface area (Å²) < 4.78 is 8.83. The Hall–Kier alpha value is -1.17. The standard InChI is InChI=1S/C5H6O2.C4H10O3/c1-3-5(6)7-4-2;5-1-3-7-4-2-6/h3-4H,1-2H2;5-6H,1-4H2. The fourth-order valence-electron chi connectivity index (χ4n) is 0.361.